The minimum absolute atomic E-state index is 0.152. The van der Waals surface area contributed by atoms with E-state index in [0.717, 1.165) is 18.4 Å². The third kappa shape index (κ3) is 4.77. The van der Waals surface area contributed by atoms with Crippen molar-refractivity contribution in [2.24, 2.45) is 0 Å². The van der Waals surface area contributed by atoms with Gasteiger partial charge in [-0.05, 0) is 24.1 Å². The summed E-state index contributed by atoms with van der Waals surface area (Å²) in [4.78, 5) is 23.1. The predicted octanol–water partition coefficient (Wildman–Crippen LogP) is 4.16. The van der Waals surface area contributed by atoms with Crippen LogP contribution in [0.25, 0.3) is 6.08 Å². The molecule has 0 radical (unpaired) electrons. The molecule has 2 rings (SSSR count). The lowest BCUT2D eigenvalue weighted by Gasteiger charge is -2.18. The van der Waals surface area contributed by atoms with Crippen LogP contribution in [-0.4, -0.2) is 10.8 Å². The molecule has 0 spiro atoms. The lowest BCUT2D eigenvalue weighted by Crippen LogP contribution is -2.29. The Morgan fingerprint density at radius 3 is 2.50 bits per heavy atom. The van der Waals surface area contributed by atoms with Crippen molar-refractivity contribution in [2.45, 2.75) is 25.8 Å². The molecule has 0 aliphatic heterocycles. The maximum Gasteiger partial charge on any atom is 0.276 e. The van der Waals surface area contributed by atoms with Crippen LogP contribution in [0, 0.1) is 21.4 Å². The number of carbonyl (C=O) groups excluding carboxylic acids is 1. The molecule has 0 heterocycles. The van der Waals surface area contributed by atoms with E-state index >= 15 is 0 Å². The molecule has 6 nitrogen and oxygen atoms in total. The zero-order valence-electron chi connectivity index (χ0n) is 14.4. The molecular weight excluding hydrogens is 330 g/mol. The fourth-order valence-electron chi connectivity index (χ4n) is 2.61. The maximum absolute atomic E-state index is 12.5. The van der Waals surface area contributed by atoms with E-state index in [4.69, 9.17) is 0 Å². The summed E-state index contributed by atoms with van der Waals surface area (Å²) in [5.41, 5.74) is 0.846. The summed E-state index contributed by atoms with van der Waals surface area (Å²) in [7, 11) is 0. The van der Waals surface area contributed by atoms with Crippen molar-refractivity contribution < 1.29 is 9.72 Å². The Morgan fingerprint density at radius 1 is 1.23 bits per heavy atom. The number of benzene rings is 2. The van der Waals surface area contributed by atoms with E-state index in [-0.39, 0.29) is 22.9 Å². The maximum atomic E-state index is 12.5. The summed E-state index contributed by atoms with van der Waals surface area (Å²) in [6, 6.07) is 17.1. The normalized spacial score (nSPS) is 12.1. The summed E-state index contributed by atoms with van der Waals surface area (Å²) in [6.07, 6.45) is 2.83. The molecule has 0 fully saturated rings. The first kappa shape index (κ1) is 18.9. The van der Waals surface area contributed by atoms with Gasteiger partial charge in [0.25, 0.3) is 11.6 Å². The second-order valence-electron chi connectivity index (χ2n) is 5.71. The van der Waals surface area contributed by atoms with Gasteiger partial charge in [0.2, 0.25) is 0 Å². The fourth-order valence-corrected chi connectivity index (χ4v) is 2.61. The molecule has 0 bridgehead atoms. The molecule has 1 N–H and O–H groups in total. The Balaban J connectivity index is 2.28. The average Bonchev–Trinajstić information content (AvgIpc) is 2.66. The Bertz CT molecular complexity index is 854. The van der Waals surface area contributed by atoms with Crippen LogP contribution in [0.5, 0.6) is 0 Å². The van der Waals surface area contributed by atoms with Crippen molar-refractivity contribution in [3.8, 4) is 6.07 Å². The highest BCUT2D eigenvalue weighted by Crippen LogP contribution is 2.22. The van der Waals surface area contributed by atoms with Crippen LogP contribution >= 0.6 is 0 Å². The topological polar surface area (TPSA) is 96.0 Å². The van der Waals surface area contributed by atoms with E-state index in [1.54, 1.807) is 6.07 Å². The number of nitrogens with one attached hydrogen (secondary N) is 1. The number of carbonyl (C=O) groups is 1. The summed E-state index contributed by atoms with van der Waals surface area (Å²) in [5.74, 6) is -0.548. The average molecular weight is 349 g/mol. The number of nitrogens with zero attached hydrogens (tertiary/aromatic N) is 2. The number of hydrogen-bond acceptors (Lipinski definition) is 4. The lowest BCUT2D eigenvalue weighted by molar-refractivity contribution is -0.385. The molecule has 1 amide bonds. The van der Waals surface area contributed by atoms with Crippen molar-refractivity contribution in [2.75, 3.05) is 0 Å². The number of rotatable bonds is 7. The van der Waals surface area contributed by atoms with E-state index < -0.39 is 10.8 Å². The van der Waals surface area contributed by atoms with Gasteiger partial charge in [0.1, 0.15) is 11.6 Å². The molecule has 2 aromatic rings. The standard InChI is InChI=1S/C20H19N3O3/c1-2-8-18(15-9-4-3-5-10-15)22-20(24)17(14-21)13-16-11-6-7-12-19(16)23(25)26/h3-7,9-13,18H,2,8H2,1H3,(H,22,24)/t18-/m0/s1. The van der Waals surface area contributed by atoms with E-state index in [9.17, 15) is 20.2 Å². The van der Waals surface area contributed by atoms with Crippen LogP contribution in [-0.2, 0) is 4.79 Å². The van der Waals surface area contributed by atoms with Gasteiger partial charge >= 0.3 is 0 Å². The molecule has 2 aromatic carbocycles. The van der Waals surface area contributed by atoms with Gasteiger partial charge in [-0.1, -0.05) is 55.8 Å². The number of amides is 1. The smallest absolute Gasteiger partial charge is 0.276 e. The third-order valence-electron chi connectivity index (χ3n) is 3.88. The van der Waals surface area contributed by atoms with Gasteiger partial charge in [0, 0.05) is 6.07 Å². The van der Waals surface area contributed by atoms with Crippen LogP contribution in [0.1, 0.15) is 36.9 Å². The summed E-state index contributed by atoms with van der Waals surface area (Å²) < 4.78 is 0. The molecule has 0 aliphatic rings. The quantitative estimate of drug-likeness (QED) is 0.351. The Morgan fingerprint density at radius 2 is 1.88 bits per heavy atom. The molecule has 26 heavy (non-hydrogen) atoms. The van der Waals surface area contributed by atoms with E-state index in [1.807, 2.05) is 43.3 Å². The first-order valence-electron chi connectivity index (χ1n) is 8.27. The molecule has 6 heteroatoms. The predicted molar refractivity (Wildman–Crippen MR) is 98.9 cm³/mol. The fraction of sp³-hybridized carbons (Fsp3) is 0.200. The molecule has 0 unspecified atom stereocenters. The number of nitro benzene ring substituents is 1. The van der Waals surface area contributed by atoms with Crippen molar-refractivity contribution >= 4 is 17.7 Å². The molecule has 0 saturated carbocycles. The summed E-state index contributed by atoms with van der Waals surface area (Å²) in [6.45, 7) is 2.01. The molecule has 132 valence electrons. The van der Waals surface area contributed by atoms with Gasteiger partial charge in [-0.2, -0.15) is 5.26 Å². The highest BCUT2D eigenvalue weighted by atomic mass is 16.6. The monoisotopic (exact) mass is 349 g/mol. The van der Waals surface area contributed by atoms with Gasteiger partial charge in [0.05, 0.1) is 16.5 Å². The van der Waals surface area contributed by atoms with Crippen molar-refractivity contribution in [3.63, 3.8) is 0 Å². The number of hydrogen-bond donors (Lipinski definition) is 1. The van der Waals surface area contributed by atoms with Gasteiger partial charge in [-0.15, -0.1) is 0 Å². The Kier molecular flexibility index (Phi) is 6.63. The summed E-state index contributed by atoms with van der Waals surface area (Å²) >= 11 is 0. The van der Waals surface area contributed by atoms with Gasteiger partial charge in [-0.25, -0.2) is 0 Å². The van der Waals surface area contributed by atoms with Crippen LogP contribution < -0.4 is 5.32 Å². The lowest BCUT2D eigenvalue weighted by atomic mass is 10.0. The van der Waals surface area contributed by atoms with Crippen molar-refractivity contribution in [1.29, 1.82) is 5.26 Å². The van der Waals surface area contributed by atoms with Gasteiger partial charge in [-0.3, -0.25) is 14.9 Å². The molecule has 0 aromatic heterocycles. The third-order valence-corrected chi connectivity index (χ3v) is 3.88. The number of nitriles is 1. The molecule has 1 atom stereocenters. The second-order valence-corrected chi connectivity index (χ2v) is 5.71. The molecule has 0 saturated heterocycles. The summed E-state index contributed by atoms with van der Waals surface area (Å²) in [5, 5.41) is 23.3. The second kappa shape index (κ2) is 9.14. The van der Waals surface area contributed by atoms with E-state index in [1.165, 1.54) is 24.3 Å². The number of para-hydroxylation sites is 1. The number of nitro groups is 1. The highest BCUT2D eigenvalue weighted by molar-refractivity contribution is 6.02. The first-order chi connectivity index (χ1) is 12.6. The SMILES string of the molecule is CCC[C@H](NC(=O)C(C#N)=Cc1ccccc1[N+](=O)[O-])c1ccccc1. The first-order valence-corrected chi connectivity index (χ1v) is 8.27. The van der Waals surface area contributed by atoms with Gasteiger partial charge in [0.15, 0.2) is 0 Å². The highest BCUT2D eigenvalue weighted by Gasteiger charge is 2.18. The van der Waals surface area contributed by atoms with Crippen molar-refractivity contribution in [1.82, 2.24) is 5.32 Å². The van der Waals surface area contributed by atoms with Crippen LogP contribution in [0.4, 0.5) is 5.69 Å². The minimum Gasteiger partial charge on any atom is -0.345 e. The molecule has 0 aliphatic carbocycles. The Labute approximate surface area is 151 Å². The van der Waals surface area contributed by atoms with E-state index in [0.29, 0.717) is 0 Å². The van der Waals surface area contributed by atoms with Crippen LogP contribution in [0.3, 0.4) is 0 Å². The molecular formula is C20H19N3O3. The van der Waals surface area contributed by atoms with Crippen LogP contribution in [0.2, 0.25) is 0 Å². The van der Waals surface area contributed by atoms with Crippen molar-refractivity contribution in [3.05, 3.63) is 81.4 Å². The zero-order valence-corrected chi connectivity index (χ0v) is 14.4. The van der Waals surface area contributed by atoms with Gasteiger partial charge < -0.3 is 5.32 Å². The zero-order chi connectivity index (χ0) is 18.9. The minimum atomic E-state index is -0.548. The van der Waals surface area contributed by atoms with Crippen LogP contribution in [0.15, 0.2) is 60.2 Å². The van der Waals surface area contributed by atoms with E-state index in [2.05, 4.69) is 5.32 Å². The largest absolute Gasteiger partial charge is 0.345 e. The Hall–Kier alpha value is -3.46.